The Balaban J connectivity index is 1.44. The summed E-state index contributed by atoms with van der Waals surface area (Å²) in [6.45, 7) is 2.17. The van der Waals surface area contributed by atoms with Crippen molar-refractivity contribution in [3.05, 3.63) is 59.5 Å². The fraction of sp³-hybridized carbons (Fsp3) is 0.261. The first-order valence-electron chi connectivity index (χ1n) is 9.79. The molecule has 148 valence electrons. The Kier molecular flexibility index (Phi) is 5.71. The molecule has 0 unspecified atom stereocenters. The van der Waals surface area contributed by atoms with Crippen molar-refractivity contribution in [2.75, 3.05) is 11.9 Å². The fourth-order valence-corrected chi connectivity index (χ4v) is 3.91. The van der Waals surface area contributed by atoms with Gasteiger partial charge in [0.2, 0.25) is 11.8 Å². The number of nitrogens with one attached hydrogen (secondary N) is 2. The Morgan fingerprint density at radius 3 is 2.62 bits per heavy atom. The van der Waals surface area contributed by atoms with Gasteiger partial charge in [0.1, 0.15) is 5.01 Å². The van der Waals surface area contributed by atoms with E-state index in [4.69, 9.17) is 4.98 Å². The molecule has 0 atom stereocenters. The van der Waals surface area contributed by atoms with E-state index in [0.717, 1.165) is 46.8 Å². The monoisotopic (exact) mass is 405 g/mol. The number of carbonyl (C=O) groups is 2. The molecule has 0 bridgehead atoms. The molecular weight excluding hydrogens is 382 g/mol. The highest BCUT2D eigenvalue weighted by atomic mass is 32.1. The van der Waals surface area contributed by atoms with Crippen molar-refractivity contribution in [1.29, 1.82) is 0 Å². The first kappa shape index (κ1) is 19.3. The number of anilines is 1. The van der Waals surface area contributed by atoms with E-state index in [0.29, 0.717) is 6.54 Å². The Morgan fingerprint density at radius 2 is 1.90 bits per heavy atom. The van der Waals surface area contributed by atoms with Crippen LogP contribution < -0.4 is 10.6 Å². The molecule has 1 heterocycles. The summed E-state index contributed by atoms with van der Waals surface area (Å²) in [4.78, 5) is 27.7. The minimum absolute atomic E-state index is 0.00667. The van der Waals surface area contributed by atoms with Crippen LogP contribution >= 0.6 is 11.3 Å². The van der Waals surface area contributed by atoms with Crippen LogP contribution in [0.25, 0.3) is 21.8 Å². The minimum atomic E-state index is -0.00667. The van der Waals surface area contributed by atoms with Gasteiger partial charge in [-0.15, -0.1) is 11.3 Å². The molecule has 3 aromatic rings. The van der Waals surface area contributed by atoms with E-state index in [2.05, 4.69) is 40.3 Å². The maximum atomic E-state index is 12.0. The van der Waals surface area contributed by atoms with E-state index in [1.807, 2.05) is 24.3 Å². The largest absolute Gasteiger partial charge is 0.356 e. The first-order chi connectivity index (χ1) is 14.1. The van der Waals surface area contributed by atoms with Gasteiger partial charge in [0.15, 0.2) is 0 Å². The highest BCUT2D eigenvalue weighted by Gasteiger charge is 2.29. The summed E-state index contributed by atoms with van der Waals surface area (Å²) >= 11 is 1.59. The van der Waals surface area contributed by atoms with E-state index in [1.54, 1.807) is 11.3 Å². The van der Waals surface area contributed by atoms with Crippen LogP contribution in [0.4, 0.5) is 5.69 Å². The van der Waals surface area contributed by atoms with Crippen LogP contribution in [0.2, 0.25) is 0 Å². The van der Waals surface area contributed by atoms with Gasteiger partial charge in [-0.2, -0.15) is 0 Å². The molecule has 0 aliphatic heterocycles. The lowest BCUT2D eigenvalue weighted by molar-refractivity contribution is -0.119. The van der Waals surface area contributed by atoms with E-state index >= 15 is 0 Å². The number of aromatic nitrogens is 1. The number of hydrogen-bond acceptors (Lipinski definition) is 4. The molecule has 1 aromatic heterocycles. The van der Waals surface area contributed by atoms with Crippen molar-refractivity contribution in [3.8, 4) is 21.8 Å². The molecule has 1 aliphatic rings. The Morgan fingerprint density at radius 1 is 1.10 bits per heavy atom. The molecule has 4 rings (SSSR count). The van der Waals surface area contributed by atoms with Crippen molar-refractivity contribution in [1.82, 2.24) is 10.3 Å². The van der Waals surface area contributed by atoms with E-state index < -0.39 is 0 Å². The van der Waals surface area contributed by atoms with Crippen LogP contribution in [0.1, 0.15) is 25.3 Å². The smallest absolute Gasteiger partial charge is 0.227 e. The predicted octanol–water partition coefficient (Wildman–Crippen LogP) is 4.50. The van der Waals surface area contributed by atoms with Crippen LogP contribution in [0.3, 0.4) is 0 Å². The zero-order chi connectivity index (χ0) is 20.2. The third-order valence-corrected chi connectivity index (χ3v) is 5.76. The van der Waals surface area contributed by atoms with Crippen molar-refractivity contribution in [2.45, 2.75) is 26.2 Å². The topological polar surface area (TPSA) is 71.1 Å². The molecule has 2 N–H and O–H groups in total. The highest BCUT2D eigenvalue weighted by Crippen LogP contribution is 2.32. The van der Waals surface area contributed by atoms with E-state index in [1.165, 1.54) is 12.5 Å². The van der Waals surface area contributed by atoms with E-state index in [9.17, 15) is 9.59 Å². The average molecular weight is 406 g/mol. The summed E-state index contributed by atoms with van der Waals surface area (Å²) in [5, 5.41) is 8.79. The van der Waals surface area contributed by atoms with Gasteiger partial charge in [0.05, 0.1) is 5.69 Å². The maximum Gasteiger partial charge on any atom is 0.227 e. The van der Waals surface area contributed by atoms with Gasteiger partial charge in [-0.05, 0) is 37.0 Å². The standard InChI is InChI=1S/C23H23N3O2S/c1-15(27)24-12-11-16-5-7-17(8-6-16)21-14-29-23(26-21)19-3-2-4-20(13-19)25-22(28)18-9-10-18/h2-8,13-14,18H,9-12H2,1H3,(H,24,27)(H,25,28). The molecule has 0 saturated heterocycles. The van der Waals surface area contributed by atoms with Gasteiger partial charge >= 0.3 is 0 Å². The lowest BCUT2D eigenvalue weighted by Crippen LogP contribution is -2.22. The average Bonchev–Trinajstić information content (AvgIpc) is 3.46. The number of thiazole rings is 1. The fourth-order valence-electron chi connectivity index (χ4n) is 3.08. The van der Waals surface area contributed by atoms with Gasteiger partial charge < -0.3 is 10.6 Å². The zero-order valence-corrected chi connectivity index (χ0v) is 17.1. The van der Waals surface area contributed by atoms with Crippen LogP contribution in [0, 0.1) is 5.92 Å². The highest BCUT2D eigenvalue weighted by molar-refractivity contribution is 7.13. The molecular formula is C23H23N3O2S. The lowest BCUT2D eigenvalue weighted by atomic mass is 10.1. The van der Waals surface area contributed by atoms with Crippen molar-refractivity contribution >= 4 is 28.8 Å². The molecule has 0 radical (unpaired) electrons. The third kappa shape index (κ3) is 5.09. The minimum Gasteiger partial charge on any atom is -0.356 e. The van der Waals surface area contributed by atoms with Gasteiger partial charge in [-0.1, -0.05) is 36.4 Å². The molecule has 1 saturated carbocycles. The summed E-state index contributed by atoms with van der Waals surface area (Å²) in [6, 6.07) is 16.1. The van der Waals surface area contributed by atoms with Gasteiger partial charge in [-0.25, -0.2) is 4.98 Å². The second-order valence-electron chi connectivity index (χ2n) is 7.31. The molecule has 6 heteroatoms. The third-order valence-electron chi connectivity index (χ3n) is 4.87. The van der Waals surface area contributed by atoms with Gasteiger partial charge in [-0.3, -0.25) is 9.59 Å². The van der Waals surface area contributed by atoms with Gasteiger partial charge in [0.25, 0.3) is 0 Å². The predicted molar refractivity (Wildman–Crippen MR) is 117 cm³/mol. The zero-order valence-electron chi connectivity index (χ0n) is 16.3. The molecule has 29 heavy (non-hydrogen) atoms. The van der Waals surface area contributed by atoms with Gasteiger partial charge in [0, 0.05) is 41.6 Å². The Labute approximate surface area is 174 Å². The number of nitrogens with zero attached hydrogens (tertiary/aromatic N) is 1. The Bertz CT molecular complexity index is 1020. The SMILES string of the molecule is CC(=O)NCCc1ccc(-c2csc(-c3cccc(NC(=O)C4CC4)c3)n2)cc1. The second kappa shape index (κ2) is 8.57. The van der Waals surface area contributed by atoms with Crippen LogP contribution in [-0.2, 0) is 16.0 Å². The normalized spacial score (nSPS) is 13.1. The van der Waals surface area contributed by atoms with Crippen molar-refractivity contribution in [2.24, 2.45) is 5.92 Å². The second-order valence-corrected chi connectivity index (χ2v) is 8.17. The van der Waals surface area contributed by atoms with Crippen molar-refractivity contribution < 1.29 is 9.59 Å². The molecule has 5 nitrogen and oxygen atoms in total. The van der Waals surface area contributed by atoms with Crippen LogP contribution in [-0.4, -0.2) is 23.3 Å². The molecule has 2 amide bonds. The number of benzene rings is 2. The maximum absolute atomic E-state index is 12.0. The summed E-state index contributed by atoms with van der Waals surface area (Å²) in [7, 11) is 0. The summed E-state index contributed by atoms with van der Waals surface area (Å²) in [5.41, 5.74) is 5.00. The molecule has 1 aliphatic carbocycles. The number of rotatable bonds is 7. The molecule has 0 spiro atoms. The quantitative estimate of drug-likeness (QED) is 0.608. The number of carbonyl (C=O) groups excluding carboxylic acids is 2. The lowest BCUT2D eigenvalue weighted by Gasteiger charge is -2.05. The van der Waals surface area contributed by atoms with Crippen molar-refractivity contribution in [3.63, 3.8) is 0 Å². The number of hydrogen-bond donors (Lipinski definition) is 2. The van der Waals surface area contributed by atoms with Crippen LogP contribution in [0.15, 0.2) is 53.9 Å². The summed E-state index contributed by atoms with van der Waals surface area (Å²) in [5.74, 6) is 0.291. The molecule has 2 aromatic carbocycles. The van der Waals surface area contributed by atoms with E-state index in [-0.39, 0.29) is 17.7 Å². The Hall–Kier alpha value is -2.99. The molecule has 1 fully saturated rings. The number of amides is 2. The summed E-state index contributed by atoms with van der Waals surface area (Å²) in [6.07, 6.45) is 2.79. The van der Waals surface area contributed by atoms with Crippen LogP contribution in [0.5, 0.6) is 0 Å². The first-order valence-corrected chi connectivity index (χ1v) is 10.7. The summed E-state index contributed by atoms with van der Waals surface area (Å²) < 4.78 is 0.